The lowest BCUT2D eigenvalue weighted by molar-refractivity contribution is -0.0245. The Balaban J connectivity index is 1.81. The van der Waals surface area contributed by atoms with Crippen molar-refractivity contribution in [3.05, 3.63) is 29.6 Å². The van der Waals surface area contributed by atoms with E-state index in [4.69, 9.17) is 0 Å². The molecule has 1 aliphatic rings. The number of aryl methyl sites for hydroxylation is 1. The molecule has 0 atom stereocenters. The molecule has 0 unspecified atom stereocenters. The van der Waals surface area contributed by atoms with Crippen LogP contribution in [0.4, 0.5) is 0 Å². The fourth-order valence-electron chi connectivity index (χ4n) is 2.69. The number of hydrogen-bond donors (Lipinski definition) is 2. The van der Waals surface area contributed by atoms with Gasteiger partial charge in [-0.15, -0.1) is 0 Å². The van der Waals surface area contributed by atoms with Gasteiger partial charge in [-0.1, -0.05) is 19.9 Å². The summed E-state index contributed by atoms with van der Waals surface area (Å²) in [6.07, 6.45) is 5.83. The summed E-state index contributed by atoms with van der Waals surface area (Å²) >= 11 is 0. The minimum Gasteiger partial charge on any atom is -0.389 e. The van der Waals surface area contributed by atoms with E-state index in [1.54, 1.807) is 0 Å². The van der Waals surface area contributed by atoms with E-state index in [9.17, 15) is 5.11 Å². The van der Waals surface area contributed by atoms with Gasteiger partial charge in [0, 0.05) is 19.3 Å². The van der Waals surface area contributed by atoms with E-state index in [-0.39, 0.29) is 0 Å². The second kappa shape index (κ2) is 5.59. The van der Waals surface area contributed by atoms with Gasteiger partial charge in [-0.05, 0) is 49.7 Å². The molecule has 0 saturated heterocycles. The van der Waals surface area contributed by atoms with Gasteiger partial charge in [-0.3, -0.25) is 4.98 Å². The molecule has 106 valence electrons. The highest BCUT2D eigenvalue weighted by molar-refractivity contribution is 5.17. The van der Waals surface area contributed by atoms with Crippen LogP contribution in [0.3, 0.4) is 0 Å². The summed E-state index contributed by atoms with van der Waals surface area (Å²) in [6.45, 7) is 8.05. The fourth-order valence-corrected chi connectivity index (χ4v) is 2.69. The van der Waals surface area contributed by atoms with Crippen molar-refractivity contribution < 1.29 is 5.11 Å². The standard InChI is InChI=1S/C16H26N2O/c1-13-5-4-10-18-14(13)11-17-12-16(19)8-6-15(2,3)7-9-16/h4-5,10,17,19H,6-9,11-12H2,1-3H3. The second-order valence-corrected chi connectivity index (χ2v) is 6.76. The summed E-state index contributed by atoms with van der Waals surface area (Å²) in [7, 11) is 0. The van der Waals surface area contributed by atoms with Gasteiger partial charge in [-0.2, -0.15) is 0 Å². The van der Waals surface area contributed by atoms with Crippen LogP contribution in [-0.2, 0) is 6.54 Å². The van der Waals surface area contributed by atoms with Crippen LogP contribution in [0.15, 0.2) is 18.3 Å². The van der Waals surface area contributed by atoms with Crippen LogP contribution >= 0.6 is 0 Å². The Hall–Kier alpha value is -0.930. The molecule has 1 saturated carbocycles. The van der Waals surface area contributed by atoms with Gasteiger partial charge in [0.25, 0.3) is 0 Å². The Bertz CT molecular complexity index is 419. The Morgan fingerprint density at radius 3 is 2.58 bits per heavy atom. The first-order valence-electron chi connectivity index (χ1n) is 7.24. The first-order chi connectivity index (χ1) is 8.90. The van der Waals surface area contributed by atoms with E-state index < -0.39 is 5.60 Å². The Morgan fingerprint density at radius 2 is 1.95 bits per heavy atom. The van der Waals surface area contributed by atoms with Crippen LogP contribution in [0.1, 0.15) is 50.8 Å². The maximum Gasteiger partial charge on any atom is 0.0772 e. The Labute approximate surface area is 116 Å². The highest BCUT2D eigenvalue weighted by atomic mass is 16.3. The van der Waals surface area contributed by atoms with Crippen LogP contribution in [0, 0.1) is 12.3 Å². The molecule has 1 fully saturated rings. The first-order valence-corrected chi connectivity index (χ1v) is 7.24. The highest BCUT2D eigenvalue weighted by Crippen LogP contribution is 2.39. The van der Waals surface area contributed by atoms with E-state index in [1.165, 1.54) is 5.56 Å². The summed E-state index contributed by atoms with van der Waals surface area (Å²) in [5.74, 6) is 0. The molecule has 2 N–H and O–H groups in total. The SMILES string of the molecule is Cc1cccnc1CNCC1(O)CCC(C)(C)CC1. The van der Waals surface area contributed by atoms with E-state index in [1.807, 2.05) is 12.3 Å². The third kappa shape index (κ3) is 4.02. The topological polar surface area (TPSA) is 45.2 Å². The van der Waals surface area contributed by atoms with E-state index in [2.05, 4.69) is 37.1 Å². The van der Waals surface area contributed by atoms with Crippen molar-refractivity contribution in [2.24, 2.45) is 5.41 Å². The van der Waals surface area contributed by atoms with Gasteiger partial charge < -0.3 is 10.4 Å². The number of hydrogen-bond acceptors (Lipinski definition) is 3. The lowest BCUT2D eigenvalue weighted by atomic mass is 9.71. The van der Waals surface area contributed by atoms with Gasteiger partial charge in [-0.25, -0.2) is 0 Å². The van der Waals surface area contributed by atoms with Crippen molar-refractivity contribution >= 4 is 0 Å². The van der Waals surface area contributed by atoms with Crippen molar-refractivity contribution in [3.8, 4) is 0 Å². The first kappa shape index (κ1) is 14.5. The summed E-state index contributed by atoms with van der Waals surface area (Å²) < 4.78 is 0. The molecule has 1 aromatic heterocycles. The summed E-state index contributed by atoms with van der Waals surface area (Å²) in [5, 5.41) is 13.9. The van der Waals surface area contributed by atoms with Gasteiger partial charge in [0.15, 0.2) is 0 Å². The molecule has 0 aromatic carbocycles. The van der Waals surface area contributed by atoms with Crippen LogP contribution in [0.2, 0.25) is 0 Å². The number of nitrogens with one attached hydrogen (secondary N) is 1. The molecule has 0 spiro atoms. The van der Waals surface area contributed by atoms with Crippen molar-refractivity contribution in [2.45, 2.75) is 58.6 Å². The lowest BCUT2D eigenvalue weighted by Gasteiger charge is -2.40. The van der Waals surface area contributed by atoms with Crippen LogP contribution < -0.4 is 5.32 Å². The third-order valence-corrected chi connectivity index (χ3v) is 4.40. The number of aliphatic hydroxyl groups is 1. The zero-order valence-electron chi connectivity index (χ0n) is 12.4. The molecule has 0 radical (unpaired) electrons. The highest BCUT2D eigenvalue weighted by Gasteiger charge is 2.36. The second-order valence-electron chi connectivity index (χ2n) is 6.76. The molecule has 0 bridgehead atoms. The quantitative estimate of drug-likeness (QED) is 0.877. The number of rotatable bonds is 4. The van der Waals surface area contributed by atoms with E-state index >= 15 is 0 Å². The minimum absolute atomic E-state index is 0.393. The largest absolute Gasteiger partial charge is 0.389 e. The monoisotopic (exact) mass is 262 g/mol. The van der Waals surface area contributed by atoms with Crippen LogP contribution in [0.5, 0.6) is 0 Å². The molecule has 0 amide bonds. The minimum atomic E-state index is -0.530. The average Bonchev–Trinajstić information content (AvgIpc) is 2.36. The van der Waals surface area contributed by atoms with Gasteiger partial charge >= 0.3 is 0 Å². The molecule has 3 nitrogen and oxygen atoms in total. The number of nitrogens with zero attached hydrogens (tertiary/aromatic N) is 1. The molecule has 19 heavy (non-hydrogen) atoms. The Morgan fingerprint density at radius 1 is 1.26 bits per heavy atom. The maximum atomic E-state index is 10.6. The smallest absolute Gasteiger partial charge is 0.0772 e. The van der Waals surface area contributed by atoms with Crippen LogP contribution in [-0.4, -0.2) is 22.2 Å². The normalized spacial score (nSPS) is 21.3. The zero-order chi connectivity index (χ0) is 13.9. The molecule has 3 heteroatoms. The predicted octanol–water partition coefficient (Wildman–Crippen LogP) is 2.81. The zero-order valence-corrected chi connectivity index (χ0v) is 12.4. The van der Waals surface area contributed by atoms with Gasteiger partial charge in [0.05, 0.1) is 11.3 Å². The average molecular weight is 262 g/mol. The molecule has 1 aliphatic carbocycles. The molecular formula is C16H26N2O. The molecule has 1 aromatic rings. The van der Waals surface area contributed by atoms with Crippen molar-refractivity contribution in [3.63, 3.8) is 0 Å². The van der Waals surface area contributed by atoms with Gasteiger partial charge in [0.2, 0.25) is 0 Å². The number of aromatic nitrogens is 1. The van der Waals surface area contributed by atoms with E-state index in [0.717, 1.165) is 37.9 Å². The van der Waals surface area contributed by atoms with Gasteiger partial charge in [0.1, 0.15) is 0 Å². The third-order valence-electron chi connectivity index (χ3n) is 4.40. The van der Waals surface area contributed by atoms with Crippen molar-refractivity contribution in [2.75, 3.05) is 6.54 Å². The van der Waals surface area contributed by atoms with Crippen molar-refractivity contribution in [1.82, 2.24) is 10.3 Å². The summed E-state index contributed by atoms with van der Waals surface area (Å²) in [6, 6.07) is 4.03. The molecule has 2 rings (SSSR count). The number of pyridine rings is 1. The molecular weight excluding hydrogens is 236 g/mol. The van der Waals surface area contributed by atoms with Crippen LogP contribution in [0.25, 0.3) is 0 Å². The maximum absolute atomic E-state index is 10.6. The predicted molar refractivity (Wildman–Crippen MR) is 77.9 cm³/mol. The van der Waals surface area contributed by atoms with Crippen molar-refractivity contribution in [1.29, 1.82) is 0 Å². The summed E-state index contributed by atoms with van der Waals surface area (Å²) in [4.78, 5) is 4.36. The summed E-state index contributed by atoms with van der Waals surface area (Å²) in [5.41, 5.74) is 2.14. The Kier molecular flexibility index (Phi) is 4.26. The molecule has 0 aliphatic heterocycles. The fraction of sp³-hybridized carbons (Fsp3) is 0.688. The van der Waals surface area contributed by atoms with E-state index in [0.29, 0.717) is 12.0 Å². The molecule has 1 heterocycles. The lowest BCUT2D eigenvalue weighted by Crippen LogP contribution is -2.44.